The van der Waals surface area contributed by atoms with E-state index in [1.54, 1.807) is 0 Å². The minimum absolute atomic E-state index is 0.0436. The van der Waals surface area contributed by atoms with Crippen molar-refractivity contribution in [2.45, 2.75) is 206 Å². The van der Waals surface area contributed by atoms with Gasteiger partial charge in [0.2, 0.25) is 0 Å². The molecule has 0 aromatic heterocycles. The molecule has 73 heavy (non-hydrogen) atoms. The van der Waals surface area contributed by atoms with Crippen LogP contribution in [0.1, 0.15) is 200 Å². The van der Waals surface area contributed by atoms with Crippen molar-refractivity contribution in [3.05, 3.63) is 134 Å². The number of phosphoric ester groups is 1. The summed E-state index contributed by atoms with van der Waals surface area (Å²) >= 11 is 0. The van der Waals surface area contributed by atoms with Crippen molar-refractivity contribution in [3.63, 3.8) is 0 Å². The van der Waals surface area contributed by atoms with E-state index in [0.29, 0.717) is 17.4 Å². The Balaban J connectivity index is 4.22. The Labute approximate surface area is 447 Å². The molecule has 0 heterocycles. The topological polar surface area (TPSA) is 111 Å². The molecule has 0 aliphatic rings. The fraction of sp³-hybridized carbons (Fsp3) is 0.619. The fourth-order valence-corrected chi connectivity index (χ4v) is 7.80. The second-order valence-electron chi connectivity index (χ2n) is 19.6. The van der Waals surface area contributed by atoms with Crippen molar-refractivity contribution in [1.29, 1.82) is 0 Å². The lowest BCUT2D eigenvalue weighted by Crippen LogP contribution is -2.37. The summed E-state index contributed by atoms with van der Waals surface area (Å²) in [4.78, 5) is 37.7. The monoisotopic (exact) mass is 1030 g/mol. The molecule has 2 atom stereocenters. The van der Waals surface area contributed by atoms with Gasteiger partial charge in [-0.1, -0.05) is 225 Å². The Morgan fingerprint density at radius 1 is 0.438 bits per heavy atom. The van der Waals surface area contributed by atoms with Gasteiger partial charge in [-0.25, -0.2) is 0 Å². The third-order valence-corrected chi connectivity index (χ3v) is 12.4. The van der Waals surface area contributed by atoms with Gasteiger partial charge in [0.15, 0.2) is 6.10 Å². The molecule has 9 nitrogen and oxygen atoms in total. The first-order chi connectivity index (χ1) is 35.5. The van der Waals surface area contributed by atoms with Crippen LogP contribution in [0.2, 0.25) is 0 Å². The van der Waals surface area contributed by atoms with Crippen LogP contribution < -0.4 is 4.89 Å². The lowest BCUT2D eigenvalue weighted by atomic mass is 10.0. The average Bonchev–Trinajstić information content (AvgIpc) is 3.35. The number of ether oxygens (including phenoxy) is 2. The summed E-state index contributed by atoms with van der Waals surface area (Å²) in [6, 6.07) is 0. The van der Waals surface area contributed by atoms with E-state index in [9.17, 15) is 19.0 Å². The minimum atomic E-state index is -4.65. The van der Waals surface area contributed by atoms with Crippen LogP contribution in [0, 0.1) is 0 Å². The Morgan fingerprint density at radius 2 is 0.781 bits per heavy atom. The molecule has 0 radical (unpaired) electrons. The van der Waals surface area contributed by atoms with E-state index in [1.165, 1.54) is 57.8 Å². The highest BCUT2D eigenvalue weighted by Gasteiger charge is 2.21. The predicted octanol–water partition coefficient (Wildman–Crippen LogP) is 17.1. The molecule has 0 spiro atoms. The second kappa shape index (κ2) is 53.0. The van der Waals surface area contributed by atoms with Gasteiger partial charge in [0.1, 0.15) is 19.8 Å². The Kier molecular flexibility index (Phi) is 50.2. The highest BCUT2D eigenvalue weighted by molar-refractivity contribution is 7.45. The predicted molar refractivity (Wildman–Crippen MR) is 309 cm³/mol. The third-order valence-electron chi connectivity index (χ3n) is 11.4. The van der Waals surface area contributed by atoms with Gasteiger partial charge in [0.25, 0.3) is 7.82 Å². The van der Waals surface area contributed by atoms with E-state index in [1.807, 2.05) is 21.1 Å². The number of likely N-dealkylation sites (N-methyl/N-ethyl adjacent to an activating group) is 1. The molecule has 0 bridgehead atoms. The normalized spacial score (nSPS) is 14.3. The number of hydrogen-bond donors (Lipinski definition) is 0. The molecule has 0 N–H and O–H groups in total. The van der Waals surface area contributed by atoms with E-state index in [2.05, 4.69) is 148 Å². The molecule has 0 aromatic rings. The molecule has 0 aliphatic heterocycles. The maximum absolute atomic E-state index is 12.7. The van der Waals surface area contributed by atoms with Gasteiger partial charge in [0, 0.05) is 12.8 Å². The summed E-state index contributed by atoms with van der Waals surface area (Å²) in [7, 11) is 1.13. The van der Waals surface area contributed by atoms with Crippen LogP contribution in [0.15, 0.2) is 134 Å². The maximum Gasteiger partial charge on any atom is 0.306 e. The molecular formula is C63H104NO8P. The van der Waals surface area contributed by atoms with Crippen LogP contribution in [-0.4, -0.2) is 70.0 Å². The van der Waals surface area contributed by atoms with Crippen LogP contribution in [0.5, 0.6) is 0 Å². The summed E-state index contributed by atoms with van der Waals surface area (Å²) in [5, 5.41) is 0. The molecule has 0 aliphatic carbocycles. The van der Waals surface area contributed by atoms with Gasteiger partial charge in [0.05, 0.1) is 27.7 Å². The number of quaternary nitrogens is 1. The van der Waals surface area contributed by atoms with Gasteiger partial charge >= 0.3 is 11.9 Å². The highest BCUT2D eigenvalue weighted by Crippen LogP contribution is 2.38. The second-order valence-corrected chi connectivity index (χ2v) is 21.0. The molecule has 0 amide bonds. The first-order valence-corrected chi connectivity index (χ1v) is 29.9. The van der Waals surface area contributed by atoms with Crippen molar-refractivity contribution < 1.29 is 42.1 Å². The standard InChI is InChI=1S/C63H104NO8P/c1-6-8-10-12-14-16-18-20-21-22-23-24-25-26-27-28-29-30-31-32-33-34-35-36-37-38-39-40-41-42-43-44-46-48-50-52-54-56-63(66)72-61(60-71-73(67,68)70-58-57-64(3,4)5)59-69-62(65)55-53-51-49-47-45-19-17-15-13-11-9-7-2/h8,10,14,16,20-21,23-24,26-27,29-30,32-33,35-36,38-39,41-42,44,46,61H,6-7,9,11-13,15,17-19,22,25,28,31,34,37,40,43,45,47-60H2,1-5H3/b10-8-,16-14-,21-20-,24-23-,27-26-,30-29-,33-32-,36-35-,39-38-,42-41-,46-44-. The Hall–Kier alpha value is -3.85. The molecule has 0 saturated heterocycles. The van der Waals surface area contributed by atoms with E-state index >= 15 is 0 Å². The van der Waals surface area contributed by atoms with Crippen molar-refractivity contribution >= 4 is 19.8 Å². The molecular weight excluding hydrogens is 930 g/mol. The van der Waals surface area contributed by atoms with Crippen molar-refractivity contribution in [2.75, 3.05) is 47.5 Å². The van der Waals surface area contributed by atoms with Crippen LogP contribution in [0.4, 0.5) is 0 Å². The van der Waals surface area contributed by atoms with Crippen LogP contribution >= 0.6 is 7.82 Å². The first-order valence-electron chi connectivity index (χ1n) is 28.4. The van der Waals surface area contributed by atoms with Crippen molar-refractivity contribution in [1.82, 2.24) is 0 Å². The minimum Gasteiger partial charge on any atom is -0.756 e. The van der Waals surface area contributed by atoms with Gasteiger partial charge in [-0.2, -0.15) is 0 Å². The molecule has 2 unspecified atom stereocenters. The van der Waals surface area contributed by atoms with E-state index in [0.717, 1.165) is 109 Å². The lowest BCUT2D eigenvalue weighted by Gasteiger charge is -2.28. The average molecular weight is 1030 g/mol. The Morgan fingerprint density at radius 3 is 1.16 bits per heavy atom. The molecule has 0 rings (SSSR count). The summed E-state index contributed by atoms with van der Waals surface area (Å²) in [5.41, 5.74) is 0. The zero-order valence-corrected chi connectivity index (χ0v) is 47.7. The maximum atomic E-state index is 12.7. The number of nitrogens with zero attached hydrogens (tertiary/aromatic N) is 1. The smallest absolute Gasteiger partial charge is 0.306 e. The molecule has 0 fully saturated rings. The van der Waals surface area contributed by atoms with Gasteiger partial charge < -0.3 is 27.9 Å². The number of hydrogen-bond acceptors (Lipinski definition) is 8. The molecule has 414 valence electrons. The van der Waals surface area contributed by atoms with Gasteiger partial charge in [-0.3, -0.25) is 14.2 Å². The number of esters is 2. The quantitative estimate of drug-likeness (QED) is 0.0195. The molecule has 10 heteroatoms. The number of unbranched alkanes of at least 4 members (excludes halogenated alkanes) is 14. The fourth-order valence-electron chi connectivity index (χ4n) is 7.07. The SMILES string of the molecule is CC/C=C\C/C=C\C/C=C\C/C=C\C/C=C\C/C=C\C/C=C\C/C=C\C/C=C\C/C=C\C/C=C\CCCCCC(=O)OC(COC(=O)CCCCCCCCCCCCCC)COP(=O)([O-])OCC[N+](C)(C)C. The Bertz CT molecular complexity index is 1690. The lowest BCUT2D eigenvalue weighted by molar-refractivity contribution is -0.870. The van der Waals surface area contributed by atoms with E-state index in [-0.39, 0.29) is 26.1 Å². The van der Waals surface area contributed by atoms with Crippen molar-refractivity contribution in [2.24, 2.45) is 0 Å². The van der Waals surface area contributed by atoms with E-state index in [4.69, 9.17) is 18.5 Å². The van der Waals surface area contributed by atoms with Crippen LogP contribution in [0.25, 0.3) is 0 Å². The van der Waals surface area contributed by atoms with E-state index < -0.39 is 32.5 Å². The summed E-state index contributed by atoms with van der Waals surface area (Å²) in [5.74, 6) is -0.881. The zero-order valence-electron chi connectivity index (χ0n) is 46.8. The van der Waals surface area contributed by atoms with Gasteiger partial charge in [-0.05, 0) is 96.3 Å². The number of carbonyl (C=O) groups is 2. The summed E-state index contributed by atoms with van der Waals surface area (Å²) < 4.78 is 34.0. The first kappa shape index (κ1) is 69.2. The van der Waals surface area contributed by atoms with Crippen LogP contribution in [0.3, 0.4) is 0 Å². The number of carbonyl (C=O) groups excluding carboxylic acids is 2. The summed E-state index contributed by atoms with van der Waals surface area (Å²) in [6.07, 6.45) is 76.5. The number of allylic oxidation sites excluding steroid dienone is 22. The number of rotatable bonds is 50. The summed E-state index contributed by atoms with van der Waals surface area (Å²) in [6.45, 7) is 4.05. The zero-order chi connectivity index (χ0) is 53.5. The third kappa shape index (κ3) is 57.3. The van der Waals surface area contributed by atoms with Crippen molar-refractivity contribution in [3.8, 4) is 0 Å². The largest absolute Gasteiger partial charge is 0.756 e. The van der Waals surface area contributed by atoms with Crippen LogP contribution in [-0.2, 0) is 32.7 Å². The van der Waals surface area contributed by atoms with Gasteiger partial charge in [-0.15, -0.1) is 0 Å². The molecule has 0 aromatic carbocycles. The highest BCUT2D eigenvalue weighted by atomic mass is 31.2. The number of phosphoric acid groups is 1. The molecule has 0 saturated carbocycles.